The summed E-state index contributed by atoms with van der Waals surface area (Å²) in [6.45, 7) is 18.7. The molecule has 0 saturated carbocycles. The van der Waals surface area contributed by atoms with E-state index in [1.54, 1.807) is 0 Å². The van der Waals surface area contributed by atoms with Gasteiger partial charge in [0.2, 0.25) is 0 Å². The van der Waals surface area contributed by atoms with E-state index in [4.69, 9.17) is 0 Å². The van der Waals surface area contributed by atoms with Crippen LogP contribution >= 0.6 is 0 Å². The smallest absolute Gasteiger partial charge is 0.0193 e. The predicted molar refractivity (Wildman–Crippen MR) is 80.1 cm³/mol. The fourth-order valence-corrected chi connectivity index (χ4v) is 2.59. The Balaban J connectivity index is 2.21. The third kappa shape index (κ3) is 5.25. The molecule has 1 aliphatic rings. The van der Waals surface area contributed by atoms with Crippen molar-refractivity contribution in [1.82, 2.24) is 15.1 Å². The van der Waals surface area contributed by atoms with Crippen molar-refractivity contribution in [3.05, 3.63) is 0 Å². The molecule has 0 spiro atoms. The summed E-state index contributed by atoms with van der Waals surface area (Å²) < 4.78 is 0. The number of nitrogens with one attached hydrogen (secondary N) is 1. The molecule has 1 N–H and O–H groups in total. The highest BCUT2D eigenvalue weighted by atomic mass is 15.3. The molecule has 3 nitrogen and oxygen atoms in total. The lowest BCUT2D eigenvalue weighted by molar-refractivity contribution is 0.0770. The molecular formula is C15H33N3. The molecule has 1 aliphatic heterocycles. The van der Waals surface area contributed by atoms with Crippen LogP contribution < -0.4 is 5.32 Å². The molecule has 1 heterocycles. The van der Waals surface area contributed by atoms with Crippen LogP contribution in [0.4, 0.5) is 0 Å². The van der Waals surface area contributed by atoms with Crippen LogP contribution in [-0.2, 0) is 0 Å². The lowest BCUT2D eigenvalue weighted by Crippen LogP contribution is -2.53. The van der Waals surface area contributed by atoms with Gasteiger partial charge in [-0.25, -0.2) is 0 Å². The first kappa shape index (κ1) is 15.9. The maximum Gasteiger partial charge on any atom is 0.0193 e. The van der Waals surface area contributed by atoms with Crippen molar-refractivity contribution >= 4 is 0 Å². The Morgan fingerprint density at radius 3 is 1.78 bits per heavy atom. The van der Waals surface area contributed by atoms with E-state index in [9.17, 15) is 0 Å². The lowest BCUT2D eigenvalue weighted by Gasteiger charge is -2.40. The SMILES string of the molecule is CCC(C)N1CCN(C(C)CNCC(C)C)CC1. The Hall–Kier alpha value is -0.120. The van der Waals surface area contributed by atoms with Crippen LogP contribution in [0.3, 0.4) is 0 Å². The number of hydrogen-bond acceptors (Lipinski definition) is 3. The second-order valence-electron chi connectivity index (χ2n) is 6.23. The quantitative estimate of drug-likeness (QED) is 0.751. The standard InChI is InChI=1S/C15H33N3/c1-6-14(4)17-7-9-18(10-8-17)15(5)12-16-11-13(2)3/h13-16H,6-12H2,1-5H3. The van der Waals surface area contributed by atoms with E-state index in [1.165, 1.54) is 32.6 Å². The van der Waals surface area contributed by atoms with Crippen molar-refractivity contribution < 1.29 is 0 Å². The molecule has 0 aromatic carbocycles. The van der Waals surface area contributed by atoms with E-state index in [-0.39, 0.29) is 0 Å². The molecule has 1 saturated heterocycles. The number of nitrogens with zero attached hydrogens (tertiary/aromatic N) is 2. The first-order valence-corrected chi connectivity index (χ1v) is 7.73. The Bertz CT molecular complexity index is 210. The highest BCUT2D eigenvalue weighted by Crippen LogP contribution is 2.10. The molecular weight excluding hydrogens is 222 g/mol. The summed E-state index contributed by atoms with van der Waals surface area (Å²) in [5.41, 5.74) is 0. The van der Waals surface area contributed by atoms with Crippen molar-refractivity contribution in [2.45, 2.75) is 53.1 Å². The Morgan fingerprint density at radius 2 is 1.33 bits per heavy atom. The highest BCUT2D eigenvalue weighted by Gasteiger charge is 2.22. The number of piperazine rings is 1. The first-order chi connectivity index (χ1) is 8.54. The van der Waals surface area contributed by atoms with Gasteiger partial charge in [0.25, 0.3) is 0 Å². The van der Waals surface area contributed by atoms with Crippen molar-refractivity contribution in [2.24, 2.45) is 5.92 Å². The summed E-state index contributed by atoms with van der Waals surface area (Å²) in [5.74, 6) is 0.749. The Morgan fingerprint density at radius 1 is 0.833 bits per heavy atom. The van der Waals surface area contributed by atoms with E-state index in [1.807, 2.05) is 0 Å². The largest absolute Gasteiger partial charge is 0.315 e. The van der Waals surface area contributed by atoms with E-state index >= 15 is 0 Å². The molecule has 0 aliphatic carbocycles. The molecule has 2 atom stereocenters. The zero-order valence-corrected chi connectivity index (χ0v) is 13.1. The van der Waals surface area contributed by atoms with Crippen LogP contribution in [0.5, 0.6) is 0 Å². The van der Waals surface area contributed by atoms with E-state index in [0.717, 1.165) is 25.0 Å². The summed E-state index contributed by atoms with van der Waals surface area (Å²) in [7, 11) is 0. The molecule has 1 rings (SSSR count). The minimum Gasteiger partial charge on any atom is -0.315 e. The Labute approximate surface area is 114 Å². The van der Waals surface area contributed by atoms with Gasteiger partial charge in [0.15, 0.2) is 0 Å². The van der Waals surface area contributed by atoms with Crippen molar-refractivity contribution in [3.63, 3.8) is 0 Å². The van der Waals surface area contributed by atoms with Crippen LogP contribution in [0, 0.1) is 5.92 Å². The summed E-state index contributed by atoms with van der Waals surface area (Å²) in [6.07, 6.45) is 1.27. The summed E-state index contributed by atoms with van der Waals surface area (Å²) >= 11 is 0. The predicted octanol–water partition coefficient (Wildman–Crippen LogP) is 2.04. The summed E-state index contributed by atoms with van der Waals surface area (Å²) in [6, 6.07) is 1.42. The van der Waals surface area contributed by atoms with Crippen LogP contribution in [0.15, 0.2) is 0 Å². The normalized spacial score (nSPS) is 22.3. The fraction of sp³-hybridized carbons (Fsp3) is 1.00. The number of hydrogen-bond donors (Lipinski definition) is 1. The van der Waals surface area contributed by atoms with Crippen LogP contribution in [0.25, 0.3) is 0 Å². The van der Waals surface area contributed by atoms with Crippen molar-refractivity contribution in [1.29, 1.82) is 0 Å². The van der Waals surface area contributed by atoms with Gasteiger partial charge >= 0.3 is 0 Å². The van der Waals surface area contributed by atoms with E-state index in [0.29, 0.717) is 6.04 Å². The van der Waals surface area contributed by atoms with Gasteiger partial charge in [-0.15, -0.1) is 0 Å². The van der Waals surface area contributed by atoms with Crippen LogP contribution in [0.2, 0.25) is 0 Å². The molecule has 3 heteroatoms. The minimum absolute atomic E-state index is 0.669. The lowest BCUT2D eigenvalue weighted by atomic mass is 10.1. The van der Waals surface area contributed by atoms with Gasteiger partial charge in [0.05, 0.1) is 0 Å². The number of rotatable bonds is 7. The van der Waals surface area contributed by atoms with E-state index in [2.05, 4.69) is 49.7 Å². The van der Waals surface area contributed by atoms with Gasteiger partial charge in [0, 0.05) is 44.8 Å². The fourth-order valence-electron chi connectivity index (χ4n) is 2.59. The molecule has 18 heavy (non-hydrogen) atoms. The van der Waals surface area contributed by atoms with Gasteiger partial charge in [-0.2, -0.15) is 0 Å². The summed E-state index contributed by atoms with van der Waals surface area (Å²) in [5, 5.41) is 3.57. The Kier molecular flexibility index (Phi) is 7.20. The molecule has 2 unspecified atom stereocenters. The molecule has 0 amide bonds. The first-order valence-electron chi connectivity index (χ1n) is 7.73. The van der Waals surface area contributed by atoms with Crippen LogP contribution in [0.1, 0.15) is 41.0 Å². The zero-order valence-electron chi connectivity index (χ0n) is 13.1. The second-order valence-corrected chi connectivity index (χ2v) is 6.23. The maximum absolute atomic E-state index is 3.57. The van der Waals surface area contributed by atoms with Gasteiger partial charge < -0.3 is 5.32 Å². The van der Waals surface area contributed by atoms with Crippen molar-refractivity contribution in [3.8, 4) is 0 Å². The topological polar surface area (TPSA) is 18.5 Å². The third-order valence-corrected chi connectivity index (χ3v) is 4.18. The van der Waals surface area contributed by atoms with E-state index < -0.39 is 0 Å². The highest BCUT2D eigenvalue weighted by molar-refractivity contribution is 4.79. The molecule has 1 fully saturated rings. The molecule has 0 radical (unpaired) electrons. The average Bonchev–Trinajstić information content (AvgIpc) is 2.37. The molecule has 0 bridgehead atoms. The van der Waals surface area contributed by atoms with Crippen LogP contribution in [-0.4, -0.2) is 61.2 Å². The molecule has 0 aromatic rings. The molecule has 0 aromatic heterocycles. The van der Waals surface area contributed by atoms with Gasteiger partial charge in [-0.05, 0) is 32.7 Å². The van der Waals surface area contributed by atoms with Gasteiger partial charge in [0.1, 0.15) is 0 Å². The third-order valence-electron chi connectivity index (χ3n) is 4.18. The van der Waals surface area contributed by atoms with Gasteiger partial charge in [-0.3, -0.25) is 9.80 Å². The monoisotopic (exact) mass is 255 g/mol. The minimum atomic E-state index is 0.669. The zero-order chi connectivity index (χ0) is 13.5. The van der Waals surface area contributed by atoms with Gasteiger partial charge in [-0.1, -0.05) is 20.8 Å². The van der Waals surface area contributed by atoms with Crippen molar-refractivity contribution in [2.75, 3.05) is 39.3 Å². The maximum atomic E-state index is 3.57. The summed E-state index contributed by atoms with van der Waals surface area (Å²) in [4.78, 5) is 5.26. The second kappa shape index (κ2) is 8.13. The molecule has 108 valence electrons. The average molecular weight is 255 g/mol.